The molecule has 6 heteroatoms. The first-order valence-corrected chi connectivity index (χ1v) is 9.02. The summed E-state index contributed by atoms with van der Waals surface area (Å²) in [4.78, 5) is 23.7. The highest BCUT2D eigenvalue weighted by Gasteiger charge is 2.41. The highest BCUT2D eigenvalue weighted by Crippen LogP contribution is 2.40. The molecular formula is C21H22FNO4. The van der Waals surface area contributed by atoms with E-state index in [1.807, 2.05) is 0 Å². The molecular weight excluding hydrogens is 349 g/mol. The Morgan fingerprint density at radius 3 is 2.22 bits per heavy atom. The molecule has 2 N–H and O–H groups in total. The molecule has 142 valence electrons. The number of carboxylic acids is 1. The van der Waals surface area contributed by atoms with Crippen LogP contribution in [0, 0.1) is 5.82 Å². The van der Waals surface area contributed by atoms with Crippen LogP contribution in [0.1, 0.15) is 37.7 Å². The van der Waals surface area contributed by atoms with Crippen LogP contribution < -0.4 is 10.1 Å². The Balaban J connectivity index is 1.77. The van der Waals surface area contributed by atoms with E-state index in [4.69, 9.17) is 9.84 Å². The van der Waals surface area contributed by atoms with Crippen molar-refractivity contribution in [3.63, 3.8) is 0 Å². The second-order valence-electron chi connectivity index (χ2n) is 6.81. The second kappa shape index (κ2) is 8.20. The third-order valence-electron chi connectivity index (χ3n) is 5.01. The number of hydrogen-bond acceptors (Lipinski definition) is 3. The van der Waals surface area contributed by atoms with Gasteiger partial charge in [0.15, 0.2) is 6.61 Å². The van der Waals surface area contributed by atoms with Crippen molar-refractivity contribution in [3.8, 4) is 5.75 Å². The van der Waals surface area contributed by atoms with E-state index in [0.29, 0.717) is 11.4 Å². The molecule has 0 spiro atoms. The predicted molar refractivity (Wildman–Crippen MR) is 99.4 cm³/mol. The minimum absolute atomic E-state index is 0.104. The molecule has 27 heavy (non-hydrogen) atoms. The number of anilines is 1. The van der Waals surface area contributed by atoms with Gasteiger partial charge in [-0.2, -0.15) is 0 Å². The van der Waals surface area contributed by atoms with E-state index in [9.17, 15) is 14.0 Å². The van der Waals surface area contributed by atoms with Crippen molar-refractivity contribution in [1.82, 2.24) is 0 Å². The van der Waals surface area contributed by atoms with E-state index in [2.05, 4.69) is 5.32 Å². The zero-order valence-electron chi connectivity index (χ0n) is 14.9. The lowest BCUT2D eigenvalue weighted by molar-refractivity contribution is -0.139. The average Bonchev–Trinajstić information content (AvgIpc) is 2.68. The minimum atomic E-state index is -1.05. The largest absolute Gasteiger partial charge is 0.482 e. The Hall–Kier alpha value is -2.89. The standard InChI is InChI=1S/C21H22FNO4/c22-16-6-4-15(5-7-16)21(12-2-1-3-13-21)20(26)23-17-8-10-18(11-9-17)27-14-19(24)25/h4-11H,1-3,12-14H2,(H,23,26)(H,24,25). The lowest BCUT2D eigenvalue weighted by Crippen LogP contribution is -2.42. The van der Waals surface area contributed by atoms with Crippen molar-refractivity contribution in [3.05, 3.63) is 59.9 Å². The van der Waals surface area contributed by atoms with Crippen LogP contribution in [-0.4, -0.2) is 23.6 Å². The van der Waals surface area contributed by atoms with Gasteiger partial charge in [0.25, 0.3) is 0 Å². The summed E-state index contributed by atoms with van der Waals surface area (Å²) in [5.41, 5.74) is 0.780. The number of rotatable bonds is 6. The summed E-state index contributed by atoms with van der Waals surface area (Å²) in [5.74, 6) is -1.05. The molecule has 0 aliphatic heterocycles. The number of ether oxygens (including phenoxy) is 1. The molecule has 0 aromatic heterocycles. The number of carboxylic acid groups (broad SMARTS) is 1. The maximum absolute atomic E-state index is 13.3. The quantitative estimate of drug-likeness (QED) is 0.801. The highest BCUT2D eigenvalue weighted by molar-refractivity contribution is 5.99. The summed E-state index contributed by atoms with van der Waals surface area (Å²) in [6.45, 7) is -0.417. The van der Waals surface area contributed by atoms with Crippen molar-refractivity contribution in [2.24, 2.45) is 0 Å². The van der Waals surface area contributed by atoms with Crippen LogP contribution in [0.2, 0.25) is 0 Å². The number of aliphatic carboxylic acids is 1. The Labute approximate surface area is 157 Å². The Bertz CT molecular complexity index is 796. The van der Waals surface area contributed by atoms with E-state index in [1.165, 1.54) is 12.1 Å². The van der Waals surface area contributed by atoms with E-state index in [1.54, 1.807) is 36.4 Å². The molecule has 3 rings (SSSR count). The fourth-order valence-electron chi connectivity index (χ4n) is 3.60. The molecule has 5 nitrogen and oxygen atoms in total. The fraction of sp³-hybridized carbons (Fsp3) is 0.333. The topological polar surface area (TPSA) is 75.6 Å². The molecule has 0 atom stereocenters. The summed E-state index contributed by atoms with van der Waals surface area (Å²) in [6, 6.07) is 12.8. The van der Waals surface area contributed by atoms with Crippen LogP contribution in [0.3, 0.4) is 0 Å². The van der Waals surface area contributed by atoms with Crippen LogP contribution in [0.5, 0.6) is 5.75 Å². The maximum atomic E-state index is 13.3. The molecule has 1 aliphatic carbocycles. The van der Waals surface area contributed by atoms with Gasteiger partial charge in [-0.15, -0.1) is 0 Å². The highest BCUT2D eigenvalue weighted by atomic mass is 19.1. The van der Waals surface area contributed by atoms with Gasteiger partial charge in [0.1, 0.15) is 11.6 Å². The third kappa shape index (κ3) is 4.45. The Kier molecular flexibility index (Phi) is 5.74. The normalized spacial score (nSPS) is 15.7. The van der Waals surface area contributed by atoms with Gasteiger partial charge in [-0.25, -0.2) is 9.18 Å². The summed E-state index contributed by atoms with van der Waals surface area (Å²) < 4.78 is 18.4. The molecule has 0 unspecified atom stereocenters. The summed E-state index contributed by atoms with van der Waals surface area (Å²) >= 11 is 0. The molecule has 0 radical (unpaired) electrons. The van der Waals surface area contributed by atoms with E-state index in [-0.39, 0.29) is 11.7 Å². The third-order valence-corrected chi connectivity index (χ3v) is 5.01. The number of hydrogen-bond donors (Lipinski definition) is 2. The van der Waals surface area contributed by atoms with Gasteiger partial charge in [0, 0.05) is 5.69 Å². The van der Waals surface area contributed by atoms with Crippen molar-refractivity contribution in [2.45, 2.75) is 37.5 Å². The average molecular weight is 371 g/mol. The molecule has 2 aromatic rings. The van der Waals surface area contributed by atoms with Gasteiger partial charge in [-0.1, -0.05) is 31.4 Å². The number of amides is 1. The van der Waals surface area contributed by atoms with Crippen LogP contribution in [0.25, 0.3) is 0 Å². The molecule has 1 saturated carbocycles. The van der Waals surface area contributed by atoms with Crippen LogP contribution in [0.15, 0.2) is 48.5 Å². The van der Waals surface area contributed by atoms with Crippen molar-refractivity contribution >= 4 is 17.6 Å². The van der Waals surface area contributed by atoms with Gasteiger partial charge >= 0.3 is 5.97 Å². The molecule has 0 saturated heterocycles. The molecule has 1 fully saturated rings. The molecule has 0 heterocycles. The van der Waals surface area contributed by atoms with Crippen molar-refractivity contribution in [2.75, 3.05) is 11.9 Å². The maximum Gasteiger partial charge on any atom is 0.341 e. The lowest BCUT2D eigenvalue weighted by atomic mass is 9.68. The van der Waals surface area contributed by atoms with Gasteiger partial charge in [-0.05, 0) is 54.8 Å². The fourth-order valence-corrected chi connectivity index (χ4v) is 3.60. The molecule has 0 bridgehead atoms. The van der Waals surface area contributed by atoms with Crippen molar-refractivity contribution < 1.29 is 23.8 Å². The monoisotopic (exact) mass is 371 g/mol. The Morgan fingerprint density at radius 2 is 1.63 bits per heavy atom. The van der Waals surface area contributed by atoms with Crippen LogP contribution >= 0.6 is 0 Å². The summed E-state index contributed by atoms with van der Waals surface area (Å²) in [7, 11) is 0. The predicted octanol–water partition coefficient (Wildman–Crippen LogP) is 4.13. The smallest absolute Gasteiger partial charge is 0.341 e. The zero-order valence-corrected chi connectivity index (χ0v) is 14.9. The lowest BCUT2D eigenvalue weighted by Gasteiger charge is -2.36. The minimum Gasteiger partial charge on any atom is -0.482 e. The van der Waals surface area contributed by atoms with Gasteiger partial charge in [-0.3, -0.25) is 4.79 Å². The molecule has 2 aromatic carbocycles. The van der Waals surface area contributed by atoms with Crippen LogP contribution in [-0.2, 0) is 15.0 Å². The summed E-state index contributed by atoms with van der Waals surface area (Å²) in [5, 5.41) is 11.6. The van der Waals surface area contributed by atoms with Crippen molar-refractivity contribution in [1.29, 1.82) is 0 Å². The molecule has 1 aliphatic rings. The van der Waals surface area contributed by atoms with E-state index >= 15 is 0 Å². The number of halogens is 1. The second-order valence-corrected chi connectivity index (χ2v) is 6.81. The first-order valence-electron chi connectivity index (χ1n) is 9.02. The van der Waals surface area contributed by atoms with Gasteiger partial charge in [0.2, 0.25) is 5.91 Å². The first kappa shape index (κ1) is 18.9. The molecule has 1 amide bonds. The SMILES string of the molecule is O=C(O)COc1ccc(NC(=O)C2(c3ccc(F)cc3)CCCCC2)cc1. The summed E-state index contributed by atoms with van der Waals surface area (Å²) in [6.07, 6.45) is 4.44. The van der Waals surface area contributed by atoms with Gasteiger partial charge < -0.3 is 15.2 Å². The number of carbonyl (C=O) groups excluding carboxylic acids is 1. The van der Waals surface area contributed by atoms with Gasteiger partial charge in [0.05, 0.1) is 5.41 Å². The number of nitrogens with one attached hydrogen (secondary N) is 1. The van der Waals surface area contributed by atoms with E-state index in [0.717, 1.165) is 37.7 Å². The zero-order chi connectivity index (χ0) is 19.3. The first-order chi connectivity index (χ1) is 13.0. The van der Waals surface area contributed by atoms with E-state index < -0.39 is 18.0 Å². The Morgan fingerprint density at radius 1 is 1.00 bits per heavy atom. The number of carbonyl (C=O) groups is 2. The number of benzene rings is 2. The van der Waals surface area contributed by atoms with Crippen LogP contribution in [0.4, 0.5) is 10.1 Å².